The minimum atomic E-state index is -0.330. The maximum Gasteiger partial charge on any atom is 0.242 e. The van der Waals surface area contributed by atoms with E-state index in [1.807, 2.05) is 20.8 Å². The summed E-state index contributed by atoms with van der Waals surface area (Å²) in [5.41, 5.74) is 5.65. The zero-order chi connectivity index (χ0) is 13.0. The van der Waals surface area contributed by atoms with E-state index in [9.17, 15) is 9.59 Å². The highest BCUT2D eigenvalue weighted by Gasteiger charge is 2.35. The molecule has 5 nitrogen and oxygen atoms in total. The van der Waals surface area contributed by atoms with Gasteiger partial charge in [-0.1, -0.05) is 20.8 Å². The van der Waals surface area contributed by atoms with Gasteiger partial charge in [0.05, 0.1) is 5.92 Å². The van der Waals surface area contributed by atoms with E-state index in [4.69, 9.17) is 5.73 Å². The number of piperazine rings is 1. The van der Waals surface area contributed by atoms with Crippen molar-refractivity contribution in [2.45, 2.75) is 33.2 Å². The van der Waals surface area contributed by atoms with Gasteiger partial charge >= 0.3 is 0 Å². The molecule has 0 radical (unpaired) electrons. The summed E-state index contributed by atoms with van der Waals surface area (Å²) in [5.74, 6) is -0.0132. The second-order valence-electron chi connectivity index (χ2n) is 4.83. The van der Waals surface area contributed by atoms with E-state index >= 15 is 0 Å². The minimum Gasteiger partial charge on any atom is -0.353 e. The smallest absolute Gasteiger partial charge is 0.242 e. The molecule has 3 N–H and O–H groups in total. The van der Waals surface area contributed by atoms with Crippen LogP contribution in [0.3, 0.4) is 0 Å². The first-order valence-corrected chi connectivity index (χ1v) is 6.31. The molecule has 0 bridgehead atoms. The highest BCUT2D eigenvalue weighted by atomic mass is 16.2. The third kappa shape index (κ3) is 2.97. The molecule has 0 aromatic heterocycles. The lowest BCUT2D eigenvalue weighted by Gasteiger charge is -2.37. The average molecular weight is 241 g/mol. The number of rotatable bonds is 4. The van der Waals surface area contributed by atoms with Crippen LogP contribution in [0.25, 0.3) is 0 Å². The summed E-state index contributed by atoms with van der Waals surface area (Å²) in [6.45, 7) is 7.36. The first-order valence-electron chi connectivity index (χ1n) is 6.31. The van der Waals surface area contributed by atoms with Crippen molar-refractivity contribution in [3.63, 3.8) is 0 Å². The number of nitrogens with zero attached hydrogens (tertiary/aromatic N) is 1. The van der Waals surface area contributed by atoms with Gasteiger partial charge in [0, 0.05) is 19.6 Å². The Labute approximate surface area is 103 Å². The SMILES string of the molecule is CCC1C(=O)NCCN1C(=O)C(CN)C(C)C. The highest BCUT2D eigenvalue weighted by molar-refractivity contribution is 5.89. The van der Waals surface area contributed by atoms with Gasteiger partial charge in [0.15, 0.2) is 0 Å². The summed E-state index contributed by atoms with van der Waals surface area (Å²) >= 11 is 0. The number of hydrogen-bond donors (Lipinski definition) is 2. The second-order valence-corrected chi connectivity index (χ2v) is 4.83. The number of hydrogen-bond acceptors (Lipinski definition) is 3. The Morgan fingerprint density at radius 3 is 2.71 bits per heavy atom. The van der Waals surface area contributed by atoms with Crippen molar-refractivity contribution in [2.24, 2.45) is 17.6 Å². The molecule has 1 rings (SSSR count). The maximum atomic E-state index is 12.4. The van der Waals surface area contributed by atoms with Crippen LogP contribution in [0.2, 0.25) is 0 Å². The second kappa shape index (κ2) is 6.00. The van der Waals surface area contributed by atoms with Crippen molar-refractivity contribution in [1.82, 2.24) is 10.2 Å². The molecule has 98 valence electrons. The van der Waals surface area contributed by atoms with Crippen molar-refractivity contribution in [2.75, 3.05) is 19.6 Å². The van der Waals surface area contributed by atoms with Crippen LogP contribution in [-0.4, -0.2) is 42.4 Å². The van der Waals surface area contributed by atoms with E-state index in [0.717, 1.165) is 0 Å². The lowest BCUT2D eigenvalue weighted by atomic mass is 9.93. The molecule has 2 atom stereocenters. The number of carbonyl (C=O) groups is 2. The Morgan fingerprint density at radius 1 is 1.59 bits per heavy atom. The highest BCUT2D eigenvalue weighted by Crippen LogP contribution is 2.17. The number of nitrogens with two attached hydrogens (primary N) is 1. The Bertz CT molecular complexity index is 291. The summed E-state index contributed by atoms with van der Waals surface area (Å²) < 4.78 is 0. The molecule has 0 spiro atoms. The molecule has 0 aromatic rings. The molecule has 5 heteroatoms. The summed E-state index contributed by atoms with van der Waals surface area (Å²) in [5, 5.41) is 2.79. The fourth-order valence-electron chi connectivity index (χ4n) is 2.26. The van der Waals surface area contributed by atoms with E-state index in [0.29, 0.717) is 26.1 Å². The predicted molar refractivity (Wildman–Crippen MR) is 66.2 cm³/mol. The monoisotopic (exact) mass is 241 g/mol. The van der Waals surface area contributed by atoms with Crippen molar-refractivity contribution in [3.05, 3.63) is 0 Å². The first-order chi connectivity index (χ1) is 8.02. The molecule has 0 aromatic carbocycles. The zero-order valence-electron chi connectivity index (χ0n) is 10.9. The average Bonchev–Trinajstić information content (AvgIpc) is 2.28. The van der Waals surface area contributed by atoms with E-state index in [2.05, 4.69) is 5.32 Å². The largest absolute Gasteiger partial charge is 0.353 e. The van der Waals surface area contributed by atoms with Crippen molar-refractivity contribution in [1.29, 1.82) is 0 Å². The van der Waals surface area contributed by atoms with E-state index in [1.165, 1.54) is 0 Å². The van der Waals surface area contributed by atoms with Gasteiger partial charge in [-0.15, -0.1) is 0 Å². The Hall–Kier alpha value is -1.10. The van der Waals surface area contributed by atoms with Crippen molar-refractivity contribution >= 4 is 11.8 Å². The topological polar surface area (TPSA) is 75.4 Å². The summed E-state index contributed by atoms with van der Waals surface area (Å²) in [7, 11) is 0. The summed E-state index contributed by atoms with van der Waals surface area (Å²) in [6.07, 6.45) is 0.646. The van der Waals surface area contributed by atoms with Crippen LogP contribution in [0.4, 0.5) is 0 Å². The summed E-state index contributed by atoms with van der Waals surface area (Å²) in [4.78, 5) is 25.7. The van der Waals surface area contributed by atoms with Crippen LogP contribution >= 0.6 is 0 Å². The Morgan fingerprint density at radius 2 is 2.24 bits per heavy atom. The Balaban J connectivity index is 2.81. The van der Waals surface area contributed by atoms with Crippen LogP contribution in [-0.2, 0) is 9.59 Å². The van der Waals surface area contributed by atoms with Gasteiger partial charge in [-0.25, -0.2) is 0 Å². The number of amides is 2. The zero-order valence-corrected chi connectivity index (χ0v) is 10.9. The standard InChI is InChI=1S/C12H23N3O2/c1-4-10-11(16)14-5-6-15(10)12(17)9(7-13)8(2)3/h8-10H,4-7,13H2,1-3H3,(H,14,16). The fraction of sp³-hybridized carbons (Fsp3) is 0.833. The van der Waals surface area contributed by atoms with Crippen LogP contribution in [0.5, 0.6) is 0 Å². The number of nitrogens with one attached hydrogen (secondary N) is 1. The molecular weight excluding hydrogens is 218 g/mol. The lowest BCUT2D eigenvalue weighted by Crippen LogP contribution is -2.59. The van der Waals surface area contributed by atoms with E-state index in [1.54, 1.807) is 4.90 Å². The van der Waals surface area contributed by atoms with Crippen LogP contribution < -0.4 is 11.1 Å². The van der Waals surface area contributed by atoms with E-state index in [-0.39, 0.29) is 29.7 Å². The molecule has 1 fully saturated rings. The molecule has 1 saturated heterocycles. The Kier molecular flexibility index (Phi) is 4.93. The van der Waals surface area contributed by atoms with Crippen LogP contribution in [0.1, 0.15) is 27.2 Å². The molecule has 17 heavy (non-hydrogen) atoms. The molecular formula is C12H23N3O2. The van der Waals surface area contributed by atoms with Gasteiger partial charge in [-0.2, -0.15) is 0 Å². The maximum absolute atomic E-state index is 12.4. The molecule has 1 aliphatic heterocycles. The quantitative estimate of drug-likeness (QED) is 0.725. The number of carbonyl (C=O) groups excluding carboxylic acids is 2. The van der Waals surface area contributed by atoms with Gasteiger partial charge in [0.1, 0.15) is 6.04 Å². The van der Waals surface area contributed by atoms with Crippen molar-refractivity contribution < 1.29 is 9.59 Å². The third-order valence-electron chi connectivity index (χ3n) is 3.38. The normalized spacial score (nSPS) is 22.5. The summed E-state index contributed by atoms with van der Waals surface area (Å²) in [6, 6.07) is -0.330. The van der Waals surface area contributed by atoms with Gasteiger partial charge in [-0.05, 0) is 12.3 Å². The molecule has 0 saturated carbocycles. The molecule has 1 heterocycles. The molecule has 1 aliphatic rings. The third-order valence-corrected chi connectivity index (χ3v) is 3.38. The predicted octanol–water partition coefficient (Wildman–Crippen LogP) is -0.0457. The van der Waals surface area contributed by atoms with Gasteiger partial charge in [0.2, 0.25) is 11.8 Å². The van der Waals surface area contributed by atoms with Crippen molar-refractivity contribution in [3.8, 4) is 0 Å². The van der Waals surface area contributed by atoms with Gasteiger partial charge in [0.25, 0.3) is 0 Å². The van der Waals surface area contributed by atoms with Crippen LogP contribution in [0, 0.1) is 11.8 Å². The minimum absolute atomic E-state index is 0.0178. The van der Waals surface area contributed by atoms with Gasteiger partial charge in [-0.3, -0.25) is 9.59 Å². The van der Waals surface area contributed by atoms with Gasteiger partial charge < -0.3 is 16.0 Å². The first kappa shape index (κ1) is 14.0. The van der Waals surface area contributed by atoms with E-state index < -0.39 is 0 Å². The molecule has 2 unspecified atom stereocenters. The molecule has 0 aliphatic carbocycles. The van der Waals surface area contributed by atoms with Crippen LogP contribution in [0.15, 0.2) is 0 Å². The molecule has 2 amide bonds. The fourth-order valence-corrected chi connectivity index (χ4v) is 2.26. The lowest BCUT2D eigenvalue weighted by molar-refractivity contribution is -0.147.